The average Bonchev–Trinajstić information content (AvgIpc) is 3.13. The number of rotatable bonds is 6. The quantitative estimate of drug-likeness (QED) is 0.701. The smallest absolute Gasteiger partial charge is 0.229 e. The Morgan fingerprint density at radius 3 is 2.64 bits per heavy atom. The van der Waals surface area contributed by atoms with E-state index in [0.29, 0.717) is 6.54 Å². The highest BCUT2D eigenvalue weighted by Crippen LogP contribution is 2.25. The number of aromatic nitrogens is 4. The lowest BCUT2D eigenvalue weighted by atomic mass is 10.2. The molecular weight excluding hydrogens is 354 g/mol. The van der Waals surface area contributed by atoms with Crippen LogP contribution in [0.3, 0.4) is 0 Å². The molecule has 3 aromatic rings. The molecule has 0 atom stereocenters. The number of fused-ring (bicyclic) bond motifs is 1. The topological polar surface area (TPSA) is 71.3 Å². The number of aryl methyl sites for hydroxylation is 1. The van der Waals surface area contributed by atoms with Crippen LogP contribution in [0.15, 0.2) is 30.5 Å². The molecule has 0 aliphatic carbocycles. The molecule has 0 radical (unpaired) electrons. The van der Waals surface area contributed by atoms with Crippen molar-refractivity contribution in [3.63, 3.8) is 0 Å². The average molecular weight is 381 g/mol. The molecule has 28 heavy (non-hydrogen) atoms. The Morgan fingerprint density at radius 2 is 1.89 bits per heavy atom. The molecule has 0 spiro atoms. The van der Waals surface area contributed by atoms with Gasteiger partial charge in [-0.15, -0.1) is 0 Å². The SMILES string of the molecule is CCN1CCN(c2nc(NCc3ccccc3OC)c3cnn(C)c3n2)CC1. The summed E-state index contributed by atoms with van der Waals surface area (Å²) in [6, 6.07) is 8.01. The highest BCUT2D eigenvalue weighted by molar-refractivity contribution is 5.87. The first-order valence-corrected chi connectivity index (χ1v) is 9.72. The van der Waals surface area contributed by atoms with Gasteiger partial charge in [-0.1, -0.05) is 25.1 Å². The molecule has 1 N–H and O–H groups in total. The molecule has 2 aromatic heterocycles. The van der Waals surface area contributed by atoms with Gasteiger partial charge >= 0.3 is 0 Å². The monoisotopic (exact) mass is 381 g/mol. The van der Waals surface area contributed by atoms with E-state index in [4.69, 9.17) is 14.7 Å². The maximum atomic E-state index is 5.46. The Bertz CT molecular complexity index is 947. The van der Waals surface area contributed by atoms with Crippen LogP contribution in [0.2, 0.25) is 0 Å². The molecule has 4 rings (SSSR count). The Hall–Kier alpha value is -2.87. The molecule has 1 fully saturated rings. The molecule has 0 bridgehead atoms. The van der Waals surface area contributed by atoms with Crippen LogP contribution in [0.1, 0.15) is 12.5 Å². The molecule has 8 nitrogen and oxygen atoms in total. The summed E-state index contributed by atoms with van der Waals surface area (Å²) in [6.07, 6.45) is 1.82. The van der Waals surface area contributed by atoms with Gasteiger partial charge in [0.05, 0.1) is 18.7 Å². The number of ether oxygens (including phenoxy) is 1. The zero-order chi connectivity index (χ0) is 19.5. The minimum atomic E-state index is 0.619. The molecular formula is C20H27N7O. The fourth-order valence-corrected chi connectivity index (χ4v) is 3.58. The van der Waals surface area contributed by atoms with E-state index < -0.39 is 0 Å². The summed E-state index contributed by atoms with van der Waals surface area (Å²) in [6.45, 7) is 7.84. The number of benzene rings is 1. The Labute approximate surface area is 165 Å². The highest BCUT2D eigenvalue weighted by atomic mass is 16.5. The normalized spacial score (nSPS) is 15.2. The molecule has 148 valence electrons. The van der Waals surface area contributed by atoms with Gasteiger partial charge < -0.3 is 19.9 Å². The molecule has 1 aromatic carbocycles. The van der Waals surface area contributed by atoms with Gasteiger partial charge in [-0.25, -0.2) is 0 Å². The fourth-order valence-electron chi connectivity index (χ4n) is 3.58. The summed E-state index contributed by atoms with van der Waals surface area (Å²) in [5.74, 6) is 2.42. The van der Waals surface area contributed by atoms with Crippen molar-refractivity contribution in [3.05, 3.63) is 36.0 Å². The van der Waals surface area contributed by atoms with Crippen LogP contribution in [0.5, 0.6) is 5.75 Å². The lowest BCUT2D eigenvalue weighted by Gasteiger charge is -2.34. The number of nitrogens with one attached hydrogen (secondary N) is 1. The predicted molar refractivity (Wildman–Crippen MR) is 111 cm³/mol. The van der Waals surface area contributed by atoms with E-state index in [1.807, 2.05) is 31.4 Å². The van der Waals surface area contributed by atoms with Crippen molar-refractivity contribution in [2.75, 3.05) is 50.1 Å². The largest absolute Gasteiger partial charge is 0.496 e. The van der Waals surface area contributed by atoms with Gasteiger partial charge in [0.25, 0.3) is 0 Å². The van der Waals surface area contributed by atoms with Crippen molar-refractivity contribution < 1.29 is 4.74 Å². The van der Waals surface area contributed by atoms with E-state index in [1.54, 1.807) is 11.8 Å². The first-order valence-electron chi connectivity index (χ1n) is 9.72. The summed E-state index contributed by atoms with van der Waals surface area (Å²) in [7, 11) is 3.61. The van der Waals surface area contributed by atoms with Gasteiger partial charge in [0.2, 0.25) is 5.95 Å². The molecule has 3 heterocycles. The first kappa shape index (κ1) is 18.5. The van der Waals surface area contributed by atoms with Gasteiger partial charge in [-0.3, -0.25) is 4.68 Å². The summed E-state index contributed by atoms with van der Waals surface area (Å²) in [4.78, 5) is 14.3. The van der Waals surface area contributed by atoms with E-state index in [-0.39, 0.29) is 0 Å². The second-order valence-corrected chi connectivity index (χ2v) is 6.96. The van der Waals surface area contributed by atoms with Crippen LogP contribution in [0.4, 0.5) is 11.8 Å². The van der Waals surface area contributed by atoms with E-state index in [2.05, 4.69) is 33.2 Å². The van der Waals surface area contributed by atoms with Gasteiger partial charge in [-0.2, -0.15) is 15.1 Å². The molecule has 1 saturated heterocycles. The van der Waals surface area contributed by atoms with Crippen molar-refractivity contribution in [1.29, 1.82) is 0 Å². The number of likely N-dealkylation sites (N-methyl/N-ethyl adjacent to an activating group) is 1. The lowest BCUT2D eigenvalue weighted by Crippen LogP contribution is -2.46. The zero-order valence-corrected chi connectivity index (χ0v) is 16.7. The number of nitrogens with zero attached hydrogens (tertiary/aromatic N) is 6. The second-order valence-electron chi connectivity index (χ2n) is 6.96. The number of methoxy groups -OCH3 is 1. The van der Waals surface area contributed by atoms with Crippen LogP contribution in [0, 0.1) is 0 Å². The minimum Gasteiger partial charge on any atom is -0.496 e. The fraction of sp³-hybridized carbons (Fsp3) is 0.450. The Kier molecular flexibility index (Phi) is 5.29. The molecule has 0 saturated carbocycles. The van der Waals surface area contributed by atoms with Gasteiger partial charge in [0.15, 0.2) is 5.65 Å². The second kappa shape index (κ2) is 8.02. The van der Waals surface area contributed by atoms with Gasteiger partial charge in [-0.05, 0) is 12.6 Å². The Morgan fingerprint density at radius 1 is 1.11 bits per heavy atom. The third-order valence-electron chi connectivity index (χ3n) is 5.32. The summed E-state index contributed by atoms with van der Waals surface area (Å²) in [5.41, 5.74) is 1.92. The summed E-state index contributed by atoms with van der Waals surface area (Å²) >= 11 is 0. The van der Waals surface area contributed by atoms with Gasteiger partial charge in [0.1, 0.15) is 11.6 Å². The number of anilines is 2. The Balaban J connectivity index is 1.62. The zero-order valence-electron chi connectivity index (χ0n) is 16.7. The summed E-state index contributed by atoms with van der Waals surface area (Å²) in [5, 5.41) is 8.77. The first-order chi connectivity index (χ1) is 13.7. The molecule has 8 heteroatoms. The third-order valence-corrected chi connectivity index (χ3v) is 5.32. The van der Waals surface area contributed by atoms with E-state index in [0.717, 1.165) is 66.8 Å². The molecule has 0 unspecified atom stereocenters. The van der Waals surface area contributed by atoms with Crippen molar-refractivity contribution in [2.24, 2.45) is 7.05 Å². The van der Waals surface area contributed by atoms with E-state index in [9.17, 15) is 0 Å². The summed E-state index contributed by atoms with van der Waals surface area (Å²) < 4.78 is 7.27. The van der Waals surface area contributed by atoms with Crippen molar-refractivity contribution in [2.45, 2.75) is 13.5 Å². The highest BCUT2D eigenvalue weighted by Gasteiger charge is 2.20. The molecule has 1 aliphatic rings. The minimum absolute atomic E-state index is 0.619. The van der Waals surface area contributed by atoms with Crippen LogP contribution in [-0.2, 0) is 13.6 Å². The standard InChI is InChI=1S/C20H27N7O/c1-4-26-9-11-27(12-10-26)20-23-18(16-14-22-25(2)19(16)24-20)21-13-15-7-5-6-8-17(15)28-3/h5-8,14H,4,9-13H2,1-3H3,(H,21,23,24). The van der Waals surface area contributed by atoms with Crippen molar-refractivity contribution >= 4 is 22.8 Å². The van der Waals surface area contributed by atoms with Crippen LogP contribution < -0.4 is 15.0 Å². The van der Waals surface area contributed by atoms with Crippen molar-refractivity contribution in [3.8, 4) is 5.75 Å². The van der Waals surface area contributed by atoms with E-state index in [1.165, 1.54) is 0 Å². The number of hydrogen-bond donors (Lipinski definition) is 1. The number of para-hydroxylation sites is 1. The number of hydrogen-bond acceptors (Lipinski definition) is 7. The van der Waals surface area contributed by atoms with Crippen LogP contribution >= 0.6 is 0 Å². The van der Waals surface area contributed by atoms with Crippen molar-refractivity contribution in [1.82, 2.24) is 24.6 Å². The van der Waals surface area contributed by atoms with E-state index >= 15 is 0 Å². The molecule has 1 aliphatic heterocycles. The molecule has 0 amide bonds. The lowest BCUT2D eigenvalue weighted by molar-refractivity contribution is 0.270. The predicted octanol–water partition coefficient (Wildman–Crippen LogP) is 2.13. The van der Waals surface area contributed by atoms with Gasteiger partial charge in [0, 0.05) is 45.3 Å². The third kappa shape index (κ3) is 3.60. The van der Waals surface area contributed by atoms with Crippen LogP contribution in [-0.4, -0.2) is 64.5 Å². The van der Waals surface area contributed by atoms with Crippen LogP contribution in [0.25, 0.3) is 11.0 Å². The maximum Gasteiger partial charge on any atom is 0.229 e. The maximum absolute atomic E-state index is 5.46. The number of piperazine rings is 1.